The molecule has 3 rings (SSSR count). The van der Waals surface area contributed by atoms with Gasteiger partial charge >= 0.3 is 0 Å². The predicted molar refractivity (Wildman–Crippen MR) is 118 cm³/mol. The highest BCUT2D eigenvalue weighted by molar-refractivity contribution is 7.89. The standard InChI is InChI=1S/C19H18Cl2FN5O4S/c1-31-15-6-3-9-27(15)32(29,30)18-11(20)7-8-14(17(18)28)26-19(24-10-23)25-13-5-2-4-12(22)16(13)21/h2,4-5,7-8,15,28H,3,6,9H2,1H3,(H2,24,25,26). The number of rotatable bonds is 5. The average Bonchev–Trinajstić information content (AvgIpc) is 3.23. The van der Waals surface area contributed by atoms with Gasteiger partial charge in [-0.3, -0.25) is 5.32 Å². The lowest BCUT2D eigenvalue weighted by atomic mass is 10.3. The summed E-state index contributed by atoms with van der Waals surface area (Å²) >= 11 is 12.0. The Bertz CT molecular complexity index is 1200. The first kappa shape index (κ1) is 24.0. The Morgan fingerprint density at radius 1 is 1.38 bits per heavy atom. The highest BCUT2D eigenvalue weighted by Gasteiger charge is 2.38. The molecule has 1 aliphatic heterocycles. The highest BCUT2D eigenvalue weighted by atomic mass is 35.5. The third kappa shape index (κ3) is 4.74. The number of nitrogens with zero attached hydrogens (tertiary/aromatic N) is 3. The minimum atomic E-state index is -4.21. The minimum Gasteiger partial charge on any atom is -0.504 e. The van der Waals surface area contributed by atoms with Crippen LogP contribution in [0.5, 0.6) is 5.75 Å². The molecule has 0 amide bonds. The number of ether oxygens (including phenoxy) is 1. The Hall–Kier alpha value is -2.62. The van der Waals surface area contributed by atoms with E-state index in [9.17, 15) is 17.9 Å². The van der Waals surface area contributed by atoms with Crippen molar-refractivity contribution in [3.05, 3.63) is 46.2 Å². The lowest BCUT2D eigenvalue weighted by Gasteiger charge is -2.24. The number of anilines is 1. The number of aromatic hydroxyl groups is 1. The van der Waals surface area contributed by atoms with Crippen LogP contribution in [0.3, 0.4) is 0 Å². The second-order valence-corrected chi connectivity index (χ2v) is 9.23. The number of halogens is 3. The fraction of sp³-hybridized carbons (Fsp3) is 0.263. The van der Waals surface area contributed by atoms with Crippen LogP contribution >= 0.6 is 23.2 Å². The molecule has 32 heavy (non-hydrogen) atoms. The molecule has 0 radical (unpaired) electrons. The molecular weight excluding hydrogens is 484 g/mol. The number of hydrogen-bond acceptors (Lipinski definition) is 6. The molecule has 2 aromatic rings. The van der Waals surface area contributed by atoms with Crippen LogP contribution in [-0.2, 0) is 14.8 Å². The summed E-state index contributed by atoms with van der Waals surface area (Å²) in [5.74, 6) is -1.64. The van der Waals surface area contributed by atoms with Crippen molar-refractivity contribution < 1.29 is 22.7 Å². The molecule has 13 heteroatoms. The molecule has 1 unspecified atom stereocenters. The van der Waals surface area contributed by atoms with Gasteiger partial charge in [-0.15, -0.1) is 0 Å². The first-order valence-corrected chi connectivity index (χ1v) is 11.4. The molecule has 0 spiro atoms. The molecule has 0 aromatic heterocycles. The van der Waals surface area contributed by atoms with Gasteiger partial charge in [0, 0.05) is 13.7 Å². The van der Waals surface area contributed by atoms with E-state index in [-0.39, 0.29) is 33.9 Å². The Labute approximate surface area is 194 Å². The van der Waals surface area contributed by atoms with E-state index in [1.54, 1.807) is 6.19 Å². The molecule has 3 N–H and O–H groups in total. The number of hydrogen-bond donors (Lipinski definition) is 3. The Morgan fingerprint density at radius 2 is 2.12 bits per heavy atom. The molecule has 9 nitrogen and oxygen atoms in total. The first-order chi connectivity index (χ1) is 15.2. The lowest BCUT2D eigenvalue weighted by Crippen LogP contribution is -2.36. The molecular formula is C19H18Cl2FN5O4S. The van der Waals surface area contributed by atoms with Gasteiger partial charge in [0.05, 0.1) is 16.4 Å². The van der Waals surface area contributed by atoms with Crippen LogP contribution in [0, 0.1) is 17.3 Å². The Balaban J connectivity index is 2.03. The largest absolute Gasteiger partial charge is 0.504 e. The summed E-state index contributed by atoms with van der Waals surface area (Å²) in [5.41, 5.74) is -0.117. The second-order valence-electron chi connectivity index (χ2n) is 6.62. The minimum absolute atomic E-state index is 0.00165. The van der Waals surface area contributed by atoms with Crippen molar-refractivity contribution in [1.29, 1.82) is 5.26 Å². The number of phenolic OH excluding ortho intramolecular Hbond substituents is 1. The van der Waals surface area contributed by atoms with E-state index >= 15 is 0 Å². The summed E-state index contributed by atoms with van der Waals surface area (Å²) in [6.07, 6.45) is 2.06. The van der Waals surface area contributed by atoms with E-state index < -0.39 is 32.7 Å². The van der Waals surface area contributed by atoms with Crippen molar-refractivity contribution in [1.82, 2.24) is 9.62 Å². The molecule has 0 aliphatic carbocycles. The highest BCUT2D eigenvalue weighted by Crippen LogP contribution is 2.40. The predicted octanol–water partition coefficient (Wildman–Crippen LogP) is 3.77. The summed E-state index contributed by atoms with van der Waals surface area (Å²) in [6, 6.07) is 6.49. The zero-order valence-electron chi connectivity index (χ0n) is 16.6. The number of phenols is 1. The second kappa shape index (κ2) is 9.89. The van der Waals surface area contributed by atoms with Gasteiger partial charge in [0.15, 0.2) is 11.9 Å². The monoisotopic (exact) mass is 501 g/mol. The SMILES string of the molecule is COC1CCCN1S(=O)(=O)c1c(Cl)ccc(NC(=Nc2cccc(F)c2Cl)NC#N)c1O. The maximum atomic E-state index is 13.7. The van der Waals surface area contributed by atoms with Crippen molar-refractivity contribution >= 4 is 50.6 Å². The van der Waals surface area contributed by atoms with Crippen LogP contribution in [0.4, 0.5) is 15.8 Å². The molecule has 1 heterocycles. The normalized spacial score (nSPS) is 17.2. The van der Waals surface area contributed by atoms with Gasteiger partial charge in [0.1, 0.15) is 22.0 Å². The van der Waals surface area contributed by atoms with Gasteiger partial charge in [-0.05, 0) is 37.1 Å². The van der Waals surface area contributed by atoms with Gasteiger partial charge in [-0.1, -0.05) is 29.3 Å². The van der Waals surface area contributed by atoms with Crippen LogP contribution in [0.15, 0.2) is 40.2 Å². The maximum Gasteiger partial charge on any atom is 0.250 e. The van der Waals surface area contributed by atoms with Crippen molar-refractivity contribution in [2.75, 3.05) is 19.0 Å². The van der Waals surface area contributed by atoms with Crippen molar-refractivity contribution in [3.8, 4) is 11.9 Å². The van der Waals surface area contributed by atoms with Crippen LogP contribution < -0.4 is 10.6 Å². The summed E-state index contributed by atoms with van der Waals surface area (Å²) < 4.78 is 46.4. The maximum absolute atomic E-state index is 13.7. The topological polar surface area (TPSA) is 127 Å². The number of benzene rings is 2. The quantitative estimate of drug-likeness (QED) is 0.187. The average molecular weight is 502 g/mol. The van der Waals surface area contributed by atoms with Crippen LogP contribution in [0.2, 0.25) is 10.0 Å². The van der Waals surface area contributed by atoms with E-state index in [1.807, 2.05) is 0 Å². The van der Waals surface area contributed by atoms with Crippen molar-refractivity contribution in [2.45, 2.75) is 24.0 Å². The number of guanidine groups is 1. The third-order valence-corrected chi connectivity index (χ3v) is 7.43. The number of nitriles is 1. The first-order valence-electron chi connectivity index (χ1n) is 9.21. The molecule has 0 saturated carbocycles. The zero-order valence-corrected chi connectivity index (χ0v) is 19.0. The Kier molecular flexibility index (Phi) is 7.43. The molecule has 1 fully saturated rings. The zero-order chi connectivity index (χ0) is 23.5. The van der Waals surface area contributed by atoms with Crippen LogP contribution in [-0.4, -0.2) is 43.7 Å². The van der Waals surface area contributed by atoms with E-state index in [2.05, 4.69) is 15.6 Å². The molecule has 1 atom stereocenters. The molecule has 1 aliphatic rings. The van der Waals surface area contributed by atoms with E-state index in [0.717, 1.165) is 10.4 Å². The number of nitrogens with one attached hydrogen (secondary N) is 2. The summed E-state index contributed by atoms with van der Waals surface area (Å²) in [4.78, 5) is 3.52. The summed E-state index contributed by atoms with van der Waals surface area (Å²) in [5, 5.41) is 24.2. The summed E-state index contributed by atoms with van der Waals surface area (Å²) in [6.45, 7) is 0.203. The van der Waals surface area contributed by atoms with Gasteiger partial charge in [-0.2, -0.15) is 9.57 Å². The summed E-state index contributed by atoms with van der Waals surface area (Å²) in [7, 11) is -2.82. The lowest BCUT2D eigenvalue weighted by molar-refractivity contribution is 0.0405. The number of sulfonamides is 1. The van der Waals surface area contributed by atoms with Gasteiger partial charge < -0.3 is 15.2 Å². The smallest absolute Gasteiger partial charge is 0.250 e. The van der Waals surface area contributed by atoms with E-state index in [4.69, 9.17) is 33.2 Å². The van der Waals surface area contributed by atoms with Gasteiger partial charge in [0.25, 0.3) is 10.0 Å². The number of aliphatic imine (C=N–C) groups is 1. The Morgan fingerprint density at radius 3 is 2.81 bits per heavy atom. The van der Waals surface area contributed by atoms with Gasteiger partial charge in [0.2, 0.25) is 5.96 Å². The number of methoxy groups -OCH3 is 1. The molecule has 170 valence electrons. The van der Waals surface area contributed by atoms with E-state index in [0.29, 0.717) is 12.8 Å². The van der Waals surface area contributed by atoms with Gasteiger partial charge in [-0.25, -0.2) is 17.8 Å². The molecule has 2 aromatic carbocycles. The fourth-order valence-corrected chi connectivity index (χ4v) is 5.58. The van der Waals surface area contributed by atoms with Crippen molar-refractivity contribution in [2.24, 2.45) is 4.99 Å². The molecule has 0 bridgehead atoms. The molecule has 1 saturated heterocycles. The fourth-order valence-electron chi connectivity index (χ4n) is 3.20. The van der Waals surface area contributed by atoms with Crippen LogP contribution in [0.1, 0.15) is 12.8 Å². The van der Waals surface area contributed by atoms with E-state index in [1.165, 1.54) is 31.4 Å². The third-order valence-electron chi connectivity index (χ3n) is 4.66. The van der Waals surface area contributed by atoms with Crippen molar-refractivity contribution in [3.63, 3.8) is 0 Å². The van der Waals surface area contributed by atoms with Crippen LogP contribution in [0.25, 0.3) is 0 Å².